The van der Waals surface area contributed by atoms with Gasteiger partial charge in [-0.1, -0.05) is 25.5 Å². The van der Waals surface area contributed by atoms with Crippen LogP contribution in [0, 0.1) is 17.2 Å². The van der Waals surface area contributed by atoms with Gasteiger partial charge in [0.2, 0.25) is 0 Å². The third-order valence-electron chi connectivity index (χ3n) is 4.27. The van der Waals surface area contributed by atoms with Crippen LogP contribution in [0.15, 0.2) is 33.6 Å². The Labute approximate surface area is 140 Å². The van der Waals surface area contributed by atoms with Crippen LogP contribution in [0.5, 0.6) is 0 Å². The fourth-order valence-electron chi connectivity index (χ4n) is 3.11. The Balaban J connectivity index is 1.90. The molecule has 0 saturated heterocycles. The molecule has 1 aliphatic carbocycles. The molecule has 2 rings (SSSR count). The van der Waals surface area contributed by atoms with Crippen molar-refractivity contribution in [2.24, 2.45) is 5.92 Å². The molecular weight excluding hydrogens is 344 g/mol. The lowest BCUT2D eigenvalue weighted by Crippen LogP contribution is -2.47. The summed E-state index contributed by atoms with van der Waals surface area (Å²) < 4.78 is 1.16. The third kappa shape index (κ3) is 4.25. The van der Waals surface area contributed by atoms with Gasteiger partial charge in [0.05, 0.1) is 6.07 Å². The number of nitrogens with zero attached hydrogens (tertiary/aromatic N) is 1. The maximum absolute atomic E-state index is 9.65. The topological polar surface area (TPSA) is 35.8 Å². The minimum atomic E-state index is -0.273. The van der Waals surface area contributed by atoms with Crippen molar-refractivity contribution in [3.8, 4) is 6.07 Å². The van der Waals surface area contributed by atoms with Crippen LogP contribution < -0.4 is 5.32 Å². The van der Waals surface area contributed by atoms with Gasteiger partial charge in [-0.3, -0.25) is 5.32 Å². The van der Waals surface area contributed by atoms with Gasteiger partial charge in [-0.2, -0.15) is 5.26 Å². The standard InChI is InChI=1S/C17H23BrN2S/c1-2-11-20-17(13-19)10-5-6-14(17)9-12-21-16-8-4-3-7-15(16)18/h3-4,7-8,14,20H,2,5-6,9-12H2,1H3. The third-order valence-corrected chi connectivity index (χ3v) is 6.33. The maximum atomic E-state index is 9.65. The summed E-state index contributed by atoms with van der Waals surface area (Å²) in [6.45, 7) is 3.10. The Morgan fingerprint density at radius 3 is 3.00 bits per heavy atom. The molecule has 4 heteroatoms. The summed E-state index contributed by atoms with van der Waals surface area (Å²) in [5.41, 5.74) is -0.273. The van der Waals surface area contributed by atoms with E-state index in [1.807, 2.05) is 17.8 Å². The van der Waals surface area contributed by atoms with Crippen molar-refractivity contribution in [1.82, 2.24) is 5.32 Å². The van der Waals surface area contributed by atoms with Gasteiger partial charge in [-0.15, -0.1) is 11.8 Å². The predicted octanol–water partition coefficient (Wildman–Crippen LogP) is 4.99. The van der Waals surface area contributed by atoms with E-state index in [1.165, 1.54) is 17.7 Å². The number of hydrogen-bond donors (Lipinski definition) is 1. The molecule has 1 saturated carbocycles. The van der Waals surface area contributed by atoms with E-state index >= 15 is 0 Å². The quantitative estimate of drug-likeness (QED) is 0.690. The molecule has 1 N–H and O–H groups in total. The van der Waals surface area contributed by atoms with Crippen molar-refractivity contribution >= 4 is 27.7 Å². The van der Waals surface area contributed by atoms with E-state index in [2.05, 4.69) is 52.4 Å². The van der Waals surface area contributed by atoms with Crippen molar-refractivity contribution in [2.75, 3.05) is 12.3 Å². The molecule has 114 valence electrons. The average Bonchev–Trinajstić information content (AvgIpc) is 2.90. The van der Waals surface area contributed by atoms with Crippen LogP contribution in [0.1, 0.15) is 39.0 Å². The number of benzene rings is 1. The molecule has 0 aromatic heterocycles. The molecule has 2 atom stereocenters. The normalized spacial score (nSPS) is 24.9. The molecule has 1 fully saturated rings. The molecular formula is C17H23BrN2S. The maximum Gasteiger partial charge on any atom is 0.109 e. The zero-order chi connectivity index (χ0) is 15.1. The van der Waals surface area contributed by atoms with E-state index < -0.39 is 0 Å². The molecule has 21 heavy (non-hydrogen) atoms. The number of hydrogen-bond acceptors (Lipinski definition) is 3. The van der Waals surface area contributed by atoms with Crippen LogP contribution in [0.3, 0.4) is 0 Å². The van der Waals surface area contributed by atoms with Gasteiger partial charge in [0.1, 0.15) is 5.54 Å². The molecule has 2 unspecified atom stereocenters. The molecule has 0 radical (unpaired) electrons. The van der Waals surface area contributed by atoms with Crippen molar-refractivity contribution in [3.05, 3.63) is 28.7 Å². The lowest BCUT2D eigenvalue weighted by Gasteiger charge is -2.30. The lowest BCUT2D eigenvalue weighted by molar-refractivity contribution is 0.311. The van der Waals surface area contributed by atoms with Crippen molar-refractivity contribution < 1.29 is 0 Å². The number of rotatable bonds is 7. The van der Waals surface area contributed by atoms with Gasteiger partial charge in [0, 0.05) is 9.37 Å². The molecule has 0 amide bonds. The molecule has 0 aliphatic heterocycles. The second-order valence-electron chi connectivity index (χ2n) is 5.67. The van der Waals surface area contributed by atoms with Gasteiger partial charge in [0.25, 0.3) is 0 Å². The highest BCUT2D eigenvalue weighted by molar-refractivity contribution is 9.10. The average molecular weight is 367 g/mol. The summed E-state index contributed by atoms with van der Waals surface area (Å²) in [6.07, 6.45) is 5.56. The first-order valence-electron chi connectivity index (χ1n) is 7.75. The summed E-state index contributed by atoms with van der Waals surface area (Å²) >= 11 is 5.48. The summed E-state index contributed by atoms with van der Waals surface area (Å²) in [4.78, 5) is 1.29. The fraction of sp³-hybridized carbons (Fsp3) is 0.588. The number of halogens is 1. The Hall–Kier alpha value is -0.500. The highest BCUT2D eigenvalue weighted by Crippen LogP contribution is 2.39. The van der Waals surface area contributed by atoms with E-state index in [0.29, 0.717) is 5.92 Å². The van der Waals surface area contributed by atoms with Crippen LogP contribution in [-0.4, -0.2) is 17.8 Å². The monoisotopic (exact) mass is 366 g/mol. The Morgan fingerprint density at radius 2 is 2.29 bits per heavy atom. The Kier molecular flexibility index (Phi) is 6.60. The smallest absolute Gasteiger partial charge is 0.109 e. The molecule has 0 heterocycles. The molecule has 1 aromatic rings. The summed E-state index contributed by atoms with van der Waals surface area (Å²) in [6, 6.07) is 10.9. The zero-order valence-corrected chi connectivity index (χ0v) is 15.0. The molecule has 1 aliphatic rings. The summed E-state index contributed by atoms with van der Waals surface area (Å²) in [7, 11) is 0. The number of nitrogens with one attached hydrogen (secondary N) is 1. The Morgan fingerprint density at radius 1 is 1.48 bits per heavy atom. The SMILES string of the molecule is CCCNC1(C#N)CCCC1CCSc1ccccc1Br. The predicted molar refractivity (Wildman–Crippen MR) is 93.5 cm³/mol. The second-order valence-corrected chi connectivity index (χ2v) is 7.66. The second kappa shape index (κ2) is 8.22. The van der Waals surface area contributed by atoms with Gasteiger partial charge < -0.3 is 0 Å². The molecule has 1 aromatic carbocycles. The first-order valence-corrected chi connectivity index (χ1v) is 9.53. The Bertz CT molecular complexity index is 500. The lowest BCUT2D eigenvalue weighted by atomic mass is 9.86. The first-order chi connectivity index (χ1) is 10.2. The van der Waals surface area contributed by atoms with E-state index in [9.17, 15) is 5.26 Å². The molecule has 0 spiro atoms. The van der Waals surface area contributed by atoms with E-state index in [4.69, 9.17) is 0 Å². The molecule has 2 nitrogen and oxygen atoms in total. The highest BCUT2D eigenvalue weighted by atomic mass is 79.9. The van der Waals surface area contributed by atoms with Crippen molar-refractivity contribution in [1.29, 1.82) is 5.26 Å². The largest absolute Gasteiger partial charge is 0.299 e. The van der Waals surface area contributed by atoms with Gasteiger partial charge in [0.15, 0.2) is 0 Å². The zero-order valence-electron chi connectivity index (χ0n) is 12.6. The fourth-order valence-corrected chi connectivity index (χ4v) is 4.74. The first kappa shape index (κ1) is 16.9. The van der Waals surface area contributed by atoms with Crippen LogP contribution in [0.2, 0.25) is 0 Å². The van der Waals surface area contributed by atoms with E-state index in [1.54, 1.807) is 0 Å². The number of thioether (sulfide) groups is 1. The van der Waals surface area contributed by atoms with Gasteiger partial charge in [-0.25, -0.2) is 0 Å². The highest BCUT2D eigenvalue weighted by Gasteiger charge is 2.42. The van der Waals surface area contributed by atoms with Crippen molar-refractivity contribution in [3.63, 3.8) is 0 Å². The van der Waals surface area contributed by atoms with Crippen LogP contribution in [-0.2, 0) is 0 Å². The van der Waals surface area contributed by atoms with Crippen LogP contribution in [0.25, 0.3) is 0 Å². The van der Waals surface area contributed by atoms with E-state index in [-0.39, 0.29) is 5.54 Å². The minimum absolute atomic E-state index is 0.273. The molecule has 0 bridgehead atoms. The van der Waals surface area contributed by atoms with Crippen molar-refractivity contribution in [2.45, 2.75) is 49.5 Å². The number of nitriles is 1. The minimum Gasteiger partial charge on any atom is -0.299 e. The van der Waals surface area contributed by atoms with Gasteiger partial charge in [-0.05, 0) is 72.0 Å². The summed E-state index contributed by atoms with van der Waals surface area (Å²) in [5, 5.41) is 13.2. The van der Waals surface area contributed by atoms with Crippen LogP contribution in [0.4, 0.5) is 0 Å². The van der Waals surface area contributed by atoms with Crippen LogP contribution >= 0.6 is 27.7 Å². The van der Waals surface area contributed by atoms with E-state index in [0.717, 1.165) is 36.0 Å². The summed E-state index contributed by atoms with van der Waals surface area (Å²) in [5.74, 6) is 1.56. The van der Waals surface area contributed by atoms with Gasteiger partial charge >= 0.3 is 0 Å².